The summed E-state index contributed by atoms with van der Waals surface area (Å²) in [6.07, 6.45) is 7.83. The van der Waals surface area contributed by atoms with Crippen LogP contribution in [0.15, 0.2) is 29.3 Å². The molecule has 5 nitrogen and oxygen atoms in total. The van der Waals surface area contributed by atoms with Gasteiger partial charge in [-0.1, -0.05) is 32.1 Å². The number of fused-ring (bicyclic) bond motifs is 1. The zero-order valence-corrected chi connectivity index (χ0v) is 16.9. The zero-order valence-electron chi connectivity index (χ0n) is 16.9. The number of aromatic amines is 1. The quantitative estimate of drug-likeness (QED) is 0.716. The summed E-state index contributed by atoms with van der Waals surface area (Å²) in [7, 11) is 0. The number of H-pyrrole nitrogens is 1. The highest BCUT2D eigenvalue weighted by atomic mass is 19.4. The Hall–Kier alpha value is -2.38. The number of halogens is 3. The van der Waals surface area contributed by atoms with Crippen LogP contribution in [0.4, 0.5) is 13.2 Å². The number of hydrogen-bond acceptors (Lipinski definition) is 3. The molecule has 2 aliphatic carbocycles. The number of hydrogen-bond donors (Lipinski definition) is 2. The van der Waals surface area contributed by atoms with Crippen molar-refractivity contribution in [1.29, 1.82) is 0 Å². The number of rotatable bonds is 2. The van der Waals surface area contributed by atoms with Crippen molar-refractivity contribution in [2.45, 2.75) is 64.0 Å². The highest BCUT2D eigenvalue weighted by molar-refractivity contribution is 6.03. The molecule has 4 rings (SSSR count). The van der Waals surface area contributed by atoms with Crippen LogP contribution in [0, 0.1) is 17.8 Å². The van der Waals surface area contributed by atoms with Gasteiger partial charge in [0.05, 0.1) is 16.8 Å². The van der Waals surface area contributed by atoms with Crippen LogP contribution in [0.5, 0.6) is 0 Å². The molecule has 164 valence electrons. The van der Waals surface area contributed by atoms with Crippen molar-refractivity contribution in [3.8, 4) is 0 Å². The van der Waals surface area contributed by atoms with Crippen LogP contribution >= 0.6 is 0 Å². The van der Waals surface area contributed by atoms with E-state index in [2.05, 4.69) is 9.97 Å². The molecule has 1 amide bonds. The molecule has 0 spiro atoms. The fourth-order valence-electron chi connectivity index (χ4n) is 4.83. The maximum atomic E-state index is 12.5. The number of aromatic nitrogens is 2. The van der Waals surface area contributed by atoms with Gasteiger partial charge >= 0.3 is 6.18 Å². The fraction of sp³-hybridized carbons (Fsp3) is 0.591. The summed E-state index contributed by atoms with van der Waals surface area (Å²) in [4.78, 5) is 29.0. The minimum Gasteiger partial charge on any atom is -0.364 e. The Kier molecular flexibility index (Phi) is 7.15. The monoisotopic (exact) mass is 423 g/mol. The van der Waals surface area contributed by atoms with E-state index in [4.69, 9.17) is 5.73 Å². The van der Waals surface area contributed by atoms with E-state index in [-0.39, 0.29) is 16.5 Å². The summed E-state index contributed by atoms with van der Waals surface area (Å²) < 4.78 is 37.5. The summed E-state index contributed by atoms with van der Waals surface area (Å²) in [5.74, 6) is -0.374. The van der Waals surface area contributed by atoms with Crippen LogP contribution in [0.3, 0.4) is 0 Å². The van der Waals surface area contributed by atoms with Gasteiger partial charge in [0.15, 0.2) is 5.43 Å². The van der Waals surface area contributed by atoms with Gasteiger partial charge in [-0.2, -0.15) is 13.2 Å². The van der Waals surface area contributed by atoms with E-state index in [0.29, 0.717) is 24.3 Å². The van der Waals surface area contributed by atoms with Crippen molar-refractivity contribution in [2.75, 3.05) is 0 Å². The molecule has 2 saturated carbocycles. The first-order chi connectivity index (χ1) is 14.3. The van der Waals surface area contributed by atoms with Gasteiger partial charge in [0.2, 0.25) is 0 Å². The second-order valence-electron chi connectivity index (χ2n) is 8.34. The number of nitrogens with one attached hydrogen (secondary N) is 1. The molecule has 0 bridgehead atoms. The second kappa shape index (κ2) is 9.62. The predicted octanol–water partition coefficient (Wildman–Crippen LogP) is 4.96. The first-order valence-electron chi connectivity index (χ1n) is 10.6. The normalized spacial score (nSPS) is 22.9. The number of nitrogens with two attached hydrogens (primary N) is 1. The Balaban J connectivity index is 0.000000172. The number of pyridine rings is 2. The molecule has 0 saturated heterocycles. The molecule has 2 aromatic heterocycles. The maximum absolute atomic E-state index is 12.5. The molecule has 0 aliphatic heterocycles. The lowest BCUT2D eigenvalue weighted by Crippen LogP contribution is -2.30. The Morgan fingerprint density at radius 2 is 1.63 bits per heavy atom. The minimum atomic E-state index is -3.95. The lowest BCUT2D eigenvalue weighted by Gasteiger charge is -2.36. The Labute approximate surface area is 173 Å². The molecule has 8 heteroatoms. The van der Waals surface area contributed by atoms with Crippen molar-refractivity contribution in [2.24, 2.45) is 23.5 Å². The van der Waals surface area contributed by atoms with Crippen molar-refractivity contribution in [1.82, 2.24) is 9.97 Å². The van der Waals surface area contributed by atoms with Gasteiger partial charge in [-0.15, -0.1) is 0 Å². The highest BCUT2D eigenvalue weighted by Crippen LogP contribution is 2.44. The van der Waals surface area contributed by atoms with E-state index in [1.54, 1.807) is 6.07 Å². The van der Waals surface area contributed by atoms with Crippen LogP contribution in [-0.2, 0) is 0 Å². The molecular weight excluding hydrogens is 395 g/mol. The average molecular weight is 423 g/mol. The van der Waals surface area contributed by atoms with E-state index in [0.717, 1.165) is 18.8 Å². The topological polar surface area (TPSA) is 88.8 Å². The van der Waals surface area contributed by atoms with E-state index < -0.39 is 18.0 Å². The summed E-state index contributed by atoms with van der Waals surface area (Å²) in [6.45, 7) is 0. The van der Waals surface area contributed by atoms with Crippen LogP contribution in [-0.4, -0.2) is 22.1 Å². The van der Waals surface area contributed by atoms with Gasteiger partial charge in [-0.3, -0.25) is 14.6 Å². The predicted molar refractivity (Wildman–Crippen MR) is 109 cm³/mol. The molecule has 0 unspecified atom stereocenters. The molecule has 30 heavy (non-hydrogen) atoms. The lowest BCUT2D eigenvalue weighted by molar-refractivity contribution is -0.185. The summed E-state index contributed by atoms with van der Waals surface area (Å²) in [5.41, 5.74) is 5.39. The van der Waals surface area contributed by atoms with Crippen molar-refractivity contribution < 1.29 is 18.0 Å². The Morgan fingerprint density at radius 3 is 2.23 bits per heavy atom. The number of carbonyl (C=O) groups is 1. The van der Waals surface area contributed by atoms with Gasteiger partial charge in [-0.25, -0.2) is 0 Å². The molecule has 0 aromatic carbocycles. The summed E-state index contributed by atoms with van der Waals surface area (Å²) in [6, 6.07) is 2.94. The van der Waals surface area contributed by atoms with Crippen LogP contribution in [0.25, 0.3) is 10.9 Å². The molecule has 0 atom stereocenters. The molecule has 3 N–H and O–H groups in total. The highest BCUT2D eigenvalue weighted by Gasteiger charge is 2.42. The summed E-state index contributed by atoms with van der Waals surface area (Å²) >= 11 is 0. The maximum Gasteiger partial charge on any atom is 0.391 e. The van der Waals surface area contributed by atoms with Crippen molar-refractivity contribution in [3.63, 3.8) is 0 Å². The van der Waals surface area contributed by atoms with Crippen LogP contribution in [0.2, 0.25) is 0 Å². The molecule has 2 aliphatic rings. The number of amides is 1. The third-order valence-electron chi connectivity index (χ3n) is 6.46. The standard InChI is InChI=1S/C13H21F3.C9H7N3O2/c14-13(15,16)12-8-6-11(7-9-12)10-4-2-1-3-5-10;10-9(14)8-7-5(1-3-12-8)11-4-2-6(7)13/h10-12H,1-9H2;1-4H,(H2,10,14)(H,11,13). The number of primary amides is 1. The molecule has 2 aromatic rings. The molecular formula is C22H28F3N3O2. The average Bonchev–Trinajstić information content (AvgIpc) is 2.74. The first kappa shape index (κ1) is 22.3. The van der Waals surface area contributed by atoms with Gasteiger partial charge in [0.25, 0.3) is 5.91 Å². The number of carbonyl (C=O) groups excluding carboxylic acids is 1. The first-order valence-corrected chi connectivity index (χ1v) is 10.6. The number of nitrogens with zero attached hydrogens (tertiary/aromatic N) is 1. The minimum absolute atomic E-state index is 0.00403. The molecule has 2 heterocycles. The van der Waals surface area contributed by atoms with Crippen LogP contribution in [0.1, 0.15) is 68.3 Å². The smallest absolute Gasteiger partial charge is 0.364 e. The Morgan fingerprint density at radius 1 is 1.00 bits per heavy atom. The van der Waals surface area contributed by atoms with Crippen LogP contribution < -0.4 is 11.2 Å². The third-order valence-corrected chi connectivity index (χ3v) is 6.46. The van der Waals surface area contributed by atoms with Crippen molar-refractivity contribution >= 4 is 16.8 Å². The second-order valence-corrected chi connectivity index (χ2v) is 8.34. The van der Waals surface area contributed by atoms with Crippen molar-refractivity contribution in [3.05, 3.63) is 40.4 Å². The van der Waals surface area contributed by atoms with E-state index in [1.165, 1.54) is 50.6 Å². The van der Waals surface area contributed by atoms with Gasteiger partial charge in [0.1, 0.15) is 5.69 Å². The van der Waals surface area contributed by atoms with Gasteiger partial charge in [-0.05, 0) is 43.6 Å². The summed E-state index contributed by atoms with van der Waals surface area (Å²) in [5, 5.41) is 0.238. The number of alkyl halides is 3. The lowest BCUT2D eigenvalue weighted by atomic mass is 9.71. The largest absolute Gasteiger partial charge is 0.391 e. The molecule has 0 radical (unpaired) electrons. The van der Waals surface area contributed by atoms with Gasteiger partial charge < -0.3 is 10.7 Å². The SMILES string of the molecule is FC(F)(F)C1CCC(C2CCCCC2)CC1.NC(=O)c1nccc2[nH]ccc(=O)c12. The Bertz CT molecular complexity index is 906. The van der Waals surface area contributed by atoms with Gasteiger partial charge in [0, 0.05) is 18.5 Å². The zero-order chi connectivity index (χ0) is 21.7. The fourth-order valence-corrected chi connectivity index (χ4v) is 4.83. The molecule has 2 fully saturated rings. The van der Waals surface area contributed by atoms with E-state index >= 15 is 0 Å². The van der Waals surface area contributed by atoms with E-state index in [1.807, 2.05) is 0 Å². The van der Waals surface area contributed by atoms with E-state index in [9.17, 15) is 22.8 Å². The third kappa shape index (κ3) is 5.40.